The minimum absolute atomic E-state index is 0.609. The van der Waals surface area contributed by atoms with Gasteiger partial charge in [-0.25, -0.2) is 4.98 Å². The Labute approximate surface area is 157 Å². The van der Waals surface area contributed by atoms with E-state index >= 15 is 0 Å². The van der Waals surface area contributed by atoms with Crippen molar-refractivity contribution in [2.75, 3.05) is 0 Å². The van der Waals surface area contributed by atoms with Gasteiger partial charge in [0.15, 0.2) is 0 Å². The molecule has 3 aromatic heterocycles. The van der Waals surface area contributed by atoms with Gasteiger partial charge in [0.1, 0.15) is 11.7 Å². The average Bonchev–Trinajstić information content (AvgIpc) is 3.27. The van der Waals surface area contributed by atoms with Gasteiger partial charge < -0.3 is 8.97 Å². The molecule has 5 nitrogen and oxygen atoms in total. The average molecular weight is 351 g/mol. The van der Waals surface area contributed by atoms with Crippen LogP contribution in [-0.4, -0.2) is 14.0 Å². The van der Waals surface area contributed by atoms with Gasteiger partial charge in [-0.2, -0.15) is 10.5 Å². The summed E-state index contributed by atoms with van der Waals surface area (Å²) in [6.45, 7) is 4.67. The third-order valence-electron chi connectivity index (χ3n) is 5.03. The summed E-state index contributed by atoms with van der Waals surface area (Å²) in [4.78, 5) is 4.34. The lowest BCUT2D eigenvalue weighted by molar-refractivity contribution is 0.721. The Morgan fingerprint density at radius 2 is 1.74 bits per heavy atom. The Morgan fingerprint density at radius 1 is 0.963 bits per heavy atom. The van der Waals surface area contributed by atoms with Crippen LogP contribution in [0.25, 0.3) is 16.8 Å². The van der Waals surface area contributed by atoms with Gasteiger partial charge in [-0.05, 0) is 43.7 Å². The summed E-state index contributed by atoms with van der Waals surface area (Å²) >= 11 is 0. The number of benzene rings is 1. The van der Waals surface area contributed by atoms with Gasteiger partial charge in [0.2, 0.25) is 0 Å². The zero-order chi connectivity index (χ0) is 19.0. The number of nitrogens with zero attached hydrogens (tertiary/aromatic N) is 5. The maximum atomic E-state index is 9.77. The van der Waals surface area contributed by atoms with Gasteiger partial charge in [0.05, 0.1) is 23.7 Å². The number of aromatic nitrogens is 3. The van der Waals surface area contributed by atoms with Crippen LogP contribution < -0.4 is 0 Å². The highest BCUT2D eigenvalue weighted by Crippen LogP contribution is 2.32. The van der Waals surface area contributed by atoms with Gasteiger partial charge in [-0.1, -0.05) is 18.2 Å². The number of rotatable bonds is 3. The minimum Gasteiger partial charge on any atom is -0.341 e. The molecule has 0 amide bonds. The van der Waals surface area contributed by atoms with E-state index in [1.54, 1.807) is 18.3 Å². The molecule has 4 rings (SSSR count). The van der Waals surface area contributed by atoms with Crippen molar-refractivity contribution in [3.8, 4) is 23.3 Å². The van der Waals surface area contributed by atoms with E-state index < -0.39 is 0 Å². The largest absolute Gasteiger partial charge is 0.341 e. The van der Waals surface area contributed by atoms with Crippen LogP contribution in [0.15, 0.2) is 54.9 Å². The Balaban J connectivity index is 1.85. The molecule has 0 bridgehead atoms. The predicted molar refractivity (Wildman–Crippen MR) is 103 cm³/mol. The highest BCUT2D eigenvalue weighted by Gasteiger charge is 2.19. The second-order valence-electron chi connectivity index (χ2n) is 6.48. The van der Waals surface area contributed by atoms with Crippen molar-refractivity contribution in [1.29, 1.82) is 10.5 Å². The van der Waals surface area contributed by atoms with Crippen molar-refractivity contribution < 1.29 is 0 Å². The third-order valence-corrected chi connectivity index (χ3v) is 5.03. The number of fused-ring (bicyclic) bond motifs is 1. The highest BCUT2D eigenvalue weighted by atomic mass is 15.1. The SMILES string of the molecule is Cc1c(C#N)c(-c2ccc(C#N)cc2)c(C)n1Cc1cccc2nccn12. The van der Waals surface area contributed by atoms with Crippen molar-refractivity contribution in [3.05, 3.63) is 83.1 Å². The van der Waals surface area contributed by atoms with Gasteiger partial charge in [-0.3, -0.25) is 0 Å². The monoisotopic (exact) mass is 351 g/mol. The second kappa shape index (κ2) is 6.48. The van der Waals surface area contributed by atoms with Crippen molar-refractivity contribution in [1.82, 2.24) is 14.0 Å². The molecule has 0 N–H and O–H groups in total. The predicted octanol–water partition coefficient (Wildman–Crippen LogP) is 4.21. The van der Waals surface area contributed by atoms with Gasteiger partial charge in [0.25, 0.3) is 0 Å². The Morgan fingerprint density at radius 3 is 2.44 bits per heavy atom. The van der Waals surface area contributed by atoms with Crippen LogP contribution in [0.5, 0.6) is 0 Å². The van der Waals surface area contributed by atoms with Crippen LogP contribution in [0, 0.1) is 36.5 Å². The zero-order valence-electron chi connectivity index (χ0n) is 15.1. The van der Waals surface area contributed by atoms with Crippen LogP contribution in [0.1, 0.15) is 28.2 Å². The zero-order valence-corrected chi connectivity index (χ0v) is 15.1. The number of imidazole rings is 1. The molecular weight excluding hydrogens is 334 g/mol. The molecule has 0 radical (unpaired) electrons. The molecule has 130 valence electrons. The molecule has 1 aromatic carbocycles. The summed E-state index contributed by atoms with van der Waals surface area (Å²) in [6.07, 6.45) is 3.74. The lowest BCUT2D eigenvalue weighted by Crippen LogP contribution is -2.07. The molecule has 3 heterocycles. The van der Waals surface area contributed by atoms with E-state index in [1.165, 1.54) is 0 Å². The van der Waals surface area contributed by atoms with Crippen molar-refractivity contribution in [3.63, 3.8) is 0 Å². The first-order chi connectivity index (χ1) is 13.1. The highest BCUT2D eigenvalue weighted by molar-refractivity contribution is 5.75. The summed E-state index contributed by atoms with van der Waals surface area (Å²) in [5.74, 6) is 0. The van der Waals surface area contributed by atoms with Crippen LogP contribution in [-0.2, 0) is 6.54 Å². The maximum absolute atomic E-state index is 9.77. The Kier molecular flexibility index (Phi) is 3.99. The molecule has 0 spiro atoms. The Bertz CT molecular complexity index is 1230. The summed E-state index contributed by atoms with van der Waals surface area (Å²) in [7, 11) is 0. The molecule has 0 aliphatic heterocycles. The lowest BCUT2D eigenvalue weighted by atomic mass is 10.0. The summed E-state index contributed by atoms with van der Waals surface area (Å²) < 4.78 is 4.23. The van der Waals surface area contributed by atoms with Gasteiger partial charge in [-0.15, -0.1) is 0 Å². The van der Waals surface area contributed by atoms with E-state index in [0.717, 1.165) is 33.9 Å². The van der Waals surface area contributed by atoms with Crippen molar-refractivity contribution in [2.24, 2.45) is 0 Å². The fraction of sp³-hybridized carbons (Fsp3) is 0.136. The molecular formula is C22H17N5. The van der Waals surface area contributed by atoms with E-state index in [2.05, 4.69) is 32.2 Å². The first-order valence-corrected chi connectivity index (χ1v) is 8.65. The van der Waals surface area contributed by atoms with Crippen LogP contribution in [0.2, 0.25) is 0 Å². The topological polar surface area (TPSA) is 69.8 Å². The normalized spacial score (nSPS) is 10.7. The fourth-order valence-electron chi connectivity index (χ4n) is 3.62. The molecule has 0 atom stereocenters. The number of nitriles is 2. The molecule has 0 saturated heterocycles. The summed E-state index contributed by atoms with van der Waals surface area (Å²) in [5.41, 5.74) is 7.14. The van der Waals surface area contributed by atoms with Gasteiger partial charge in [0, 0.05) is 35.0 Å². The van der Waals surface area contributed by atoms with E-state index in [0.29, 0.717) is 17.7 Å². The third kappa shape index (κ3) is 2.67. The maximum Gasteiger partial charge on any atom is 0.136 e. The first-order valence-electron chi connectivity index (χ1n) is 8.65. The van der Waals surface area contributed by atoms with Crippen molar-refractivity contribution >= 4 is 5.65 Å². The number of hydrogen-bond donors (Lipinski definition) is 0. The van der Waals surface area contributed by atoms with Crippen LogP contribution in [0.3, 0.4) is 0 Å². The van der Waals surface area contributed by atoms with E-state index in [4.69, 9.17) is 5.26 Å². The lowest BCUT2D eigenvalue weighted by Gasteiger charge is -2.12. The van der Waals surface area contributed by atoms with E-state index in [-0.39, 0.29) is 0 Å². The molecule has 5 heteroatoms. The molecule has 4 aromatic rings. The molecule has 0 fully saturated rings. The summed E-state index contributed by atoms with van der Waals surface area (Å²) in [6, 6.07) is 17.9. The first kappa shape index (κ1) is 16.6. The van der Waals surface area contributed by atoms with Crippen molar-refractivity contribution in [2.45, 2.75) is 20.4 Å². The van der Waals surface area contributed by atoms with Crippen LogP contribution in [0.4, 0.5) is 0 Å². The summed E-state index contributed by atoms with van der Waals surface area (Å²) in [5, 5.41) is 18.8. The van der Waals surface area contributed by atoms with Gasteiger partial charge >= 0.3 is 0 Å². The number of pyridine rings is 1. The van der Waals surface area contributed by atoms with E-state index in [9.17, 15) is 5.26 Å². The molecule has 0 saturated carbocycles. The number of hydrogen-bond acceptors (Lipinski definition) is 3. The minimum atomic E-state index is 0.609. The Hall–Kier alpha value is -3.83. The quantitative estimate of drug-likeness (QED) is 0.555. The standard InChI is InChI=1S/C22H17N5/c1-15-20(13-24)22(18-8-6-17(12-23)7-9-18)16(2)27(15)14-19-4-3-5-21-25-10-11-26(19)21/h3-11H,14H2,1-2H3. The molecule has 0 unspecified atom stereocenters. The smallest absolute Gasteiger partial charge is 0.136 e. The van der Waals surface area contributed by atoms with E-state index in [1.807, 2.05) is 44.3 Å². The second-order valence-corrected chi connectivity index (χ2v) is 6.48. The molecule has 27 heavy (non-hydrogen) atoms. The molecule has 0 aliphatic rings. The fourth-order valence-corrected chi connectivity index (χ4v) is 3.62. The molecule has 0 aliphatic carbocycles. The van der Waals surface area contributed by atoms with Crippen LogP contribution >= 0.6 is 0 Å².